The van der Waals surface area contributed by atoms with Gasteiger partial charge < -0.3 is 5.32 Å². The molecule has 2 rings (SSSR count). The minimum atomic E-state index is -0.843. The highest BCUT2D eigenvalue weighted by atomic mass is 35.5. The van der Waals surface area contributed by atoms with Gasteiger partial charge in [0, 0.05) is 16.6 Å². The van der Waals surface area contributed by atoms with Crippen molar-refractivity contribution in [2.24, 2.45) is 5.10 Å². The van der Waals surface area contributed by atoms with Crippen LogP contribution in [0.2, 0.25) is 10.0 Å². The molecule has 7 heteroatoms. The average Bonchev–Trinajstić information content (AvgIpc) is 2.55. The van der Waals surface area contributed by atoms with Crippen LogP contribution in [0.4, 0.5) is 0 Å². The molecule has 5 nitrogen and oxygen atoms in total. The zero-order chi connectivity index (χ0) is 16.7. The zero-order valence-electron chi connectivity index (χ0n) is 11.9. The predicted octanol–water partition coefficient (Wildman–Crippen LogP) is 2.76. The van der Waals surface area contributed by atoms with Crippen molar-refractivity contribution in [3.8, 4) is 0 Å². The van der Waals surface area contributed by atoms with Gasteiger partial charge in [0.25, 0.3) is 0 Å². The van der Waals surface area contributed by atoms with Crippen LogP contribution in [0.15, 0.2) is 53.6 Å². The Kier molecular flexibility index (Phi) is 6.14. The summed E-state index contributed by atoms with van der Waals surface area (Å²) >= 11 is 11.5. The van der Waals surface area contributed by atoms with Crippen molar-refractivity contribution in [2.75, 3.05) is 0 Å². The number of rotatable bonds is 4. The number of amides is 2. The Hall–Kier alpha value is -2.37. The van der Waals surface area contributed by atoms with Gasteiger partial charge in [-0.15, -0.1) is 0 Å². The monoisotopic (exact) mass is 349 g/mol. The number of nitrogens with zero attached hydrogens (tertiary/aromatic N) is 1. The molecule has 2 amide bonds. The van der Waals surface area contributed by atoms with E-state index in [0.717, 1.165) is 11.1 Å². The molecule has 118 valence electrons. The van der Waals surface area contributed by atoms with Crippen LogP contribution < -0.4 is 10.7 Å². The number of halogens is 2. The molecule has 0 heterocycles. The molecule has 0 saturated heterocycles. The lowest BCUT2D eigenvalue weighted by Crippen LogP contribution is -2.37. The van der Waals surface area contributed by atoms with Crippen LogP contribution in [0.3, 0.4) is 0 Å². The van der Waals surface area contributed by atoms with E-state index in [-0.39, 0.29) is 6.54 Å². The molecule has 2 aromatic carbocycles. The summed E-state index contributed by atoms with van der Waals surface area (Å²) in [4.78, 5) is 23.2. The van der Waals surface area contributed by atoms with Gasteiger partial charge in [-0.05, 0) is 35.4 Å². The molecule has 0 radical (unpaired) electrons. The third kappa shape index (κ3) is 5.73. The van der Waals surface area contributed by atoms with E-state index in [2.05, 4.69) is 15.8 Å². The van der Waals surface area contributed by atoms with Crippen LogP contribution in [0.5, 0.6) is 0 Å². The van der Waals surface area contributed by atoms with Gasteiger partial charge in [0.15, 0.2) is 0 Å². The van der Waals surface area contributed by atoms with Crippen molar-refractivity contribution >= 4 is 41.2 Å². The topological polar surface area (TPSA) is 70.6 Å². The molecule has 0 spiro atoms. The molecule has 0 fully saturated rings. The summed E-state index contributed by atoms with van der Waals surface area (Å²) in [5.41, 5.74) is 3.74. The fourth-order valence-electron chi connectivity index (χ4n) is 1.63. The van der Waals surface area contributed by atoms with E-state index in [0.29, 0.717) is 10.0 Å². The van der Waals surface area contributed by atoms with Crippen molar-refractivity contribution in [1.82, 2.24) is 10.7 Å². The quantitative estimate of drug-likeness (QED) is 0.506. The van der Waals surface area contributed by atoms with Gasteiger partial charge in [-0.3, -0.25) is 9.59 Å². The zero-order valence-corrected chi connectivity index (χ0v) is 13.4. The highest BCUT2D eigenvalue weighted by Crippen LogP contribution is 2.09. The number of nitrogens with one attached hydrogen (secondary N) is 2. The molecule has 2 aromatic rings. The van der Waals surface area contributed by atoms with Gasteiger partial charge in [-0.1, -0.05) is 47.5 Å². The van der Waals surface area contributed by atoms with E-state index in [1.54, 1.807) is 48.5 Å². The van der Waals surface area contributed by atoms with Crippen LogP contribution in [0, 0.1) is 0 Å². The van der Waals surface area contributed by atoms with Gasteiger partial charge >= 0.3 is 11.8 Å². The number of benzene rings is 2. The minimum Gasteiger partial charge on any atom is -0.344 e. The van der Waals surface area contributed by atoms with Crippen molar-refractivity contribution in [2.45, 2.75) is 6.54 Å². The van der Waals surface area contributed by atoms with Crippen LogP contribution in [-0.4, -0.2) is 18.0 Å². The van der Waals surface area contributed by atoms with Crippen molar-refractivity contribution in [1.29, 1.82) is 0 Å². The summed E-state index contributed by atoms with van der Waals surface area (Å²) in [7, 11) is 0. The van der Waals surface area contributed by atoms with Crippen molar-refractivity contribution in [3.63, 3.8) is 0 Å². The first-order valence-corrected chi connectivity index (χ1v) is 7.41. The Morgan fingerprint density at radius 1 is 0.913 bits per heavy atom. The lowest BCUT2D eigenvalue weighted by molar-refractivity contribution is -0.139. The molecular formula is C16H13Cl2N3O2. The van der Waals surface area contributed by atoms with Crippen LogP contribution in [0.1, 0.15) is 11.1 Å². The first-order chi connectivity index (χ1) is 11.0. The van der Waals surface area contributed by atoms with Gasteiger partial charge in [-0.25, -0.2) is 5.43 Å². The van der Waals surface area contributed by atoms with E-state index in [9.17, 15) is 9.59 Å². The molecule has 2 N–H and O–H groups in total. The number of hydrogen-bond acceptors (Lipinski definition) is 3. The molecule has 0 aliphatic heterocycles. The van der Waals surface area contributed by atoms with Gasteiger partial charge in [0.1, 0.15) is 0 Å². The largest absolute Gasteiger partial charge is 0.344 e. The lowest BCUT2D eigenvalue weighted by atomic mass is 10.2. The van der Waals surface area contributed by atoms with E-state index in [1.165, 1.54) is 6.21 Å². The molecule has 0 aliphatic rings. The lowest BCUT2D eigenvalue weighted by Gasteiger charge is -2.04. The van der Waals surface area contributed by atoms with Crippen LogP contribution >= 0.6 is 23.2 Å². The SMILES string of the molecule is O=C(NCc1ccc(Cl)cc1)C(=O)NN=Cc1ccc(Cl)cc1. The van der Waals surface area contributed by atoms with Gasteiger partial charge in [0.2, 0.25) is 0 Å². The molecule has 0 aliphatic carbocycles. The molecule has 0 unspecified atom stereocenters. The summed E-state index contributed by atoms with van der Waals surface area (Å²) in [5.74, 6) is -1.61. The predicted molar refractivity (Wildman–Crippen MR) is 90.5 cm³/mol. The fourth-order valence-corrected chi connectivity index (χ4v) is 1.88. The van der Waals surface area contributed by atoms with E-state index in [1.807, 2.05) is 0 Å². The van der Waals surface area contributed by atoms with Gasteiger partial charge in [0.05, 0.1) is 6.21 Å². The summed E-state index contributed by atoms with van der Waals surface area (Å²) in [6, 6.07) is 13.8. The highest BCUT2D eigenvalue weighted by Gasteiger charge is 2.11. The third-order valence-electron chi connectivity index (χ3n) is 2.82. The summed E-state index contributed by atoms with van der Waals surface area (Å²) < 4.78 is 0. The molecule has 0 atom stereocenters. The van der Waals surface area contributed by atoms with Crippen molar-refractivity contribution in [3.05, 3.63) is 69.7 Å². The molecule has 0 bridgehead atoms. The Labute approximate surface area is 143 Å². The molecule has 0 aromatic heterocycles. The normalized spacial score (nSPS) is 10.5. The molecule has 0 saturated carbocycles. The highest BCUT2D eigenvalue weighted by molar-refractivity contribution is 6.35. The fraction of sp³-hybridized carbons (Fsp3) is 0.0625. The maximum Gasteiger partial charge on any atom is 0.329 e. The summed E-state index contributed by atoms with van der Waals surface area (Å²) in [6.07, 6.45) is 1.42. The Bertz CT molecular complexity index is 713. The molecular weight excluding hydrogens is 337 g/mol. The number of hydrazone groups is 1. The van der Waals surface area contributed by atoms with E-state index >= 15 is 0 Å². The standard InChI is InChI=1S/C16H13Cl2N3O2/c17-13-5-1-11(2-6-13)9-19-15(22)16(23)21-20-10-12-3-7-14(18)8-4-12/h1-8,10H,9H2,(H,19,22)(H,21,23). The van der Waals surface area contributed by atoms with E-state index < -0.39 is 11.8 Å². The first kappa shape index (κ1) is 17.0. The third-order valence-corrected chi connectivity index (χ3v) is 3.33. The Morgan fingerprint density at radius 2 is 1.48 bits per heavy atom. The summed E-state index contributed by atoms with van der Waals surface area (Å²) in [5, 5.41) is 7.41. The first-order valence-electron chi connectivity index (χ1n) is 6.66. The molecule has 23 heavy (non-hydrogen) atoms. The number of hydrogen-bond donors (Lipinski definition) is 2. The number of carbonyl (C=O) groups excluding carboxylic acids is 2. The average molecular weight is 350 g/mol. The van der Waals surface area contributed by atoms with Crippen LogP contribution in [0.25, 0.3) is 0 Å². The number of carbonyl (C=O) groups is 2. The minimum absolute atomic E-state index is 0.227. The van der Waals surface area contributed by atoms with Crippen LogP contribution in [-0.2, 0) is 16.1 Å². The van der Waals surface area contributed by atoms with E-state index in [4.69, 9.17) is 23.2 Å². The second kappa shape index (κ2) is 8.31. The Balaban J connectivity index is 1.79. The smallest absolute Gasteiger partial charge is 0.329 e. The second-order valence-electron chi connectivity index (χ2n) is 4.56. The maximum absolute atomic E-state index is 11.6. The second-order valence-corrected chi connectivity index (χ2v) is 5.43. The maximum atomic E-state index is 11.6. The van der Waals surface area contributed by atoms with Crippen molar-refractivity contribution < 1.29 is 9.59 Å². The Morgan fingerprint density at radius 3 is 2.09 bits per heavy atom. The summed E-state index contributed by atoms with van der Waals surface area (Å²) in [6.45, 7) is 0.227. The van der Waals surface area contributed by atoms with Gasteiger partial charge in [-0.2, -0.15) is 5.10 Å².